The fourth-order valence-electron chi connectivity index (χ4n) is 2.99. The van der Waals surface area contributed by atoms with Gasteiger partial charge in [0.2, 0.25) is 11.8 Å². The molecule has 2 N–H and O–H groups in total. The average molecular weight is 322 g/mol. The van der Waals surface area contributed by atoms with Crippen LogP contribution in [0.3, 0.4) is 0 Å². The van der Waals surface area contributed by atoms with Crippen molar-refractivity contribution in [2.75, 3.05) is 13.1 Å². The Hall–Kier alpha value is -1.82. The van der Waals surface area contributed by atoms with Gasteiger partial charge in [0.15, 0.2) is 0 Å². The van der Waals surface area contributed by atoms with E-state index < -0.39 is 6.10 Å². The molecule has 0 saturated carbocycles. The molecule has 1 saturated heterocycles. The number of likely N-dealkylation sites (tertiary alicyclic amines) is 1. The average Bonchev–Trinajstić information content (AvgIpc) is 3.08. The Balaban J connectivity index is 1.82. The number of hydrogen-bond acceptors (Lipinski definition) is 4. The molecule has 2 rings (SSSR count). The van der Waals surface area contributed by atoms with Crippen molar-refractivity contribution < 1.29 is 19.1 Å². The molecule has 0 spiro atoms. The Labute approximate surface area is 136 Å². The van der Waals surface area contributed by atoms with Gasteiger partial charge in [-0.25, -0.2) is 0 Å². The number of rotatable bonds is 6. The van der Waals surface area contributed by atoms with Gasteiger partial charge in [-0.05, 0) is 31.9 Å². The van der Waals surface area contributed by atoms with Crippen LogP contribution in [0.5, 0.6) is 0 Å². The molecule has 0 radical (unpaired) electrons. The van der Waals surface area contributed by atoms with Gasteiger partial charge in [-0.3, -0.25) is 9.59 Å². The van der Waals surface area contributed by atoms with E-state index in [4.69, 9.17) is 4.42 Å². The number of amides is 2. The molecule has 1 aliphatic heterocycles. The molecule has 6 nitrogen and oxygen atoms in total. The van der Waals surface area contributed by atoms with Crippen LogP contribution >= 0.6 is 0 Å². The summed E-state index contributed by atoms with van der Waals surface area (Å²) in [7, 11) is 0. The minimum Gasteiger partial charge on any atom is -0.467 e. The summed E-state index contributed by atoms with van der Waals surface area (Å²) in [6.45, 7) is 4.93. The molecule has 1 fully saturated rings. The predicted molar refractivity (Wildman–Crippen MR) is 85.5 cm³/mol. The van der Waals surface area contributed by atoms with Gasteiger partial charge in [-0.15, -0.1) is 0 Å². The molecular weight excluding hydrogens is 296 g/mol. The SMILES string of the molecule is CCC(=O)N1CCCC(C(=O)NC(C)CC(O)c2ccco2)C1. The smallest absolute Gasteiger partial charge is 0.225 e. The van der Waals surface area contributed by atoms with Crippen LogP contribution in [-0.2, 0) is 9.59 Å². The van der Waals surface area contributed by atoms with E-state index in [0.29, 0.717) is 25.1 Å². The van der Waals surface area contributed by atoms with Crippen LogP contribution in [0.15, 0.2) is 22.8 Å². The quantitative estimate of drug-likeness (QED) is 0.837. The summed E-state index contributed by atoms with van der Waals surface area (Å²) in [6, 6.07) is 3.28. The number of piperidine rings is 1. The molecule has 1 aliphatic rings. The fraction of sp³-hybridized carbons (Fsp3) is 0.647. The number of carbonyl (C=O) groups is 2. The lowest BCUT2D eigenvalue weighted by molar-refractivity contribution is -0.135. The van der Waals surface area contributed by atoms with Crippen molar-refractivity contribution in [2.45, 2.75) is 51.7 Å². The second-order valence-electron chi connectivity index (χ2n) is 6.21. The van der Waals surface area contributed by atoms with Crippen LogP contribution in [0.4, 0.5) is 0 Å². The summed E-state index contributed by atoms with van der Waals surface area (Å²) >= 11 is 0. The Morgan fingerprint density at radius 3 is 2.96 bits per heavy atom. The highest BCUT2D eigenvalue weighted by Crippen LogP contribution is 2.20. The van der Waals surface area contributed by atoms with Crippen LogP contribution in [0, 0.1) is 5.92 Å². The second kappa shape index (κ2) is 8.15. The highest BCUT2D eigenvalue weighted by molar-refractivity contribution is 5.81. The summed E-state index contributed by atoms with van der Waals surface area (Å²) in [6.07, 6.45) is 3.30. The van der Waals surface area contributed by atoms with E-state index in [2.05, 4.69) is 5.32 Å². The van der Waals surface area contributed by atoms with Crippen molar-refractivity contribution in [3.63, 3.8) is 0 Å². The number of nitrogens with one attached hydrogen (secondary N) is 1. The molecule has 3 unspecified atom stereocenters. The second-order valence-corrected chi connectivity index (χ2v) is 6.21. The largest absolute Gasteiger partial charge is 0.467 e. The monoisotopic (exact) mass is 322 g/mol. The third-order valence-corrected chi connectivity index (χ3v) is 4.28. The first-order valence-electron chi connectivity index (χ1n) is 8.30. The van der Waals surface area contributed by atoms with Crippen molar-refractivity contribution in [1.82, 2.24) is 10.2 Å². The molecule has 1 aromatic rings. The summed E-state index contributed by atoms with van der Waals surface area (Å²) in [5.41, 5.74) is 0. The molecule has 0 aromatic carbocycles. The predicted octanol–water partition coefficient (Wildman–Crippen LogP) is 1.86. The number of nitrogens with zero attached hydrogens (tertiary/aromatic N) is 1. The summed E-state index contributed by atoms with van der Waals surface area (Å²) in [5, 5.41) is 13.0. The number of furan rings is 1. The lowest BCUT2D eigenvalue weighted by atomic mass is 9.96. The Kier molecular flexibility index (Phi) is 6.21. The minimum atomic E-state index is -0.732. The molecular formula is C17H26N2O4. The lowest BCUT2D eigenvalue weighted by Crippen LogP contribution is -2.47. The molecule has 6 heteroatoms. The zero-order valence-electron chi connectivity index (χ0n) is 13.8. The van der Waals surface area contributed by atoms with Crippen molar-refractivity contribution in [1.29, 1.82) is 0 Å². The van der Waals surface area contributed by atoms with E-state index >= 15 is 0 Å². The number of aliphatic hydroxyl groups excluding tert-OH is 1. The highest BCUT2D eigenvalue weighted by Gasteiger charge is 2.28. The van der Waals surface area contributed by atoms with Crippen LogP contribution < -0.4 is 5.32 Å². The standard InChI is InChI=1S/C17H26N2O4/c1-3-16(21)19-8-4-6-13(11-19)17(22)18-12(2)10-14(20)15-7-5-9-23-15/h5,7,9,12-14,20H,3-4,6,8,10-11H2,1-2H3,(H,18,22). The van der Waals surface area contributed by atoms with Crippen molar-refractivity contribution in [3.8, 4) is 0 Å². The fourth-order valence-corrected chi connectivity index (χ4v) is 2.99. The topological polar surface area (TPSA) is 82.8 Å². The molecule has 3 atom stereocenters. The molecule has 2 amide bonds. The third kappa shape index (κ3) is 4.82. The Morgan fingerprint density at radius 2 is 2.30 bits per heavy atom. The molecule has 23 heavy (non-hydrogen) atoms. The molecule has 0 aliphatic carbocycles. The molecule has 1 aromatic heterocycles. The van der Waals surface area contributed by atoms with Crippen molar-refractivity contribution in [2.24, 2.45) is 5.92 Å². The van der Waals surface area contributed by atoms with E-state index in [9.17, 15) is 14.7 Å². The summed E-state index contributed by atoms with van der Waals surface area (Å²) in [5.74, 6) is 0.396. The van der Waals surface area contributed by atoms with Gasteiger partial charge in [-0.1, -0.05) is 6.92 Å². The maximum atomic E-state index is 12.4. The maximum absolute atomic E-state index is 12.4. The van der Waals surface area contributed by atoms with Gasteiger partial charge in [0.1, 0.15) is 11.9 Å². The normalized spacial score (nSPS) is 20.8. The van der Waals surface area contributed by atoms with E-state index in [-0.39, 0.29) is 23.8 Å². The zero-order valence-corrected chi connectivity index (χ0v) is 13.8. The lowest BCUT2D eigenvalue weighted by Gasteiger charge is -2.32. The number of aliphatic hydroxyl groups is 1. The first-order valence-corrected chi connectivity index (χ1v) is 8.30. The van der Waals surface area contributed by atoms with Crippen LogP contribution in [0.1, 0.15) is 51.4 Å². The zero-order chi connectivity index (χ0) is 16.8. The van der Waals surface area contributed by atoms with Crippen molar-refractivity contribution in [3.05, 3.63) is 24.2 Å². The van der Waals surface area contributed by atoms with E-state index in [1.807, 2.05) is 13.8 Å². The molecule has 128 valence electrons. The van der Waals surface area contributed by atoms with Crippen molar-refractivity contribution >= 4 is 11.8 Å². The van der Waals surface area contributed by atoms with Gasteiger partial charge >= 0.3 is 0 Å². The summed E-state index contributed by atoms with van der Waals surface area (Å²) in [4.78, 5) is 25.9. The van der Waals surface area contributed by atoms with E-state index in [1.165, 1.54) is 6.26 Å². The highest BCUT2D eigenvalue weighted by atomic mass is 16.4. The Bertz CT molecular complexity index is 515. The van der Waals surface area contributed by atoms with E-state index in [0.717, 1.165) is 19.4 Å². The van der Waals surface area contributed by atoms with Crippen LogP contribution in [-0.4, -0.2) is 41.0 Å². The van der Waals surface area contributed by atoms with Gasteiger partial charge in [0.25, 0.3) is 0 Å². The first-order chi connectivity index (χ1) is 11.0. The third-order valence-electron chi connectivity index (χ3n) is 4.28. The van der Waals surface area contributed by atoms with E-state index in [1.54, 1.807) is 17.0 Å². The van der Waals surface area contributed by atoms with Gasteiger partial charge in [0, 0.05) is 32.0 Å². The van der Waals surface area contributed by atoms with Gasteiger partial charge in [-0.2, -0.15) is 0 Å². The maximum Gasteiger partial charge on any atom is 0.225 e. The summed E-state index contributed by atoms with van der Waals surface area (Å²) < 4.78 is 5.16. The van der Waals surface area contributed by atoms with Crippen LogP contribution in [0.25, 0.3) is 0 Å². The molecule has 2 heterocycles. The number of carbonyl (C=O) groups excluding carboxylic acids is 2. The number of hydrogen-bond donors (Lipinski definition) is 2. The minimum absolute atomic E-state index is 0.0438. The van der Waals surface area contributed by atoms with Gasteiger partial charge < -0.3 is 19.7 Å². The molecule has 0 bridgehead atoms. The van der Waals surface area contributed by atoms with Gasteiger partial charge in [0.05, 0.1) is 12.2 Å². The first kappa shape index (κ1) is 17.5. The van der Waals surface area contributed by atoms with Crippen LogP contribution in [0.2, 0.25) is 0 Å². The Morgan fingerprint density at radius 1 is 1.52 bits per heavy atom.